The van der Waals surface area contributed by atoms with Gasteiger partial charge in [0.15, 0.2) is 0 Å². The second kappa shape index (κ2) is 5.11. The van der Waals surface area contributed by atoms with Gasteiger partial charge in [0.1, 0.15) is 16.2 Å². The zero-order chi connectivity index (χ0) is 14.3. The highest BCUT2D eigenvalue weighted by atomic mass is 35.5. The number of fused-ring (bicyclic) bond motifs is 1. The minimum Gasteiger partial charge on any atom is -0.385 e. The van der Waals surface area contributed by atoms with Gasteiger partial charge in [-0.25, -0.2) is 9.97 Å². The Morgan fingerprint density at radius 3 is 3.10 bits per heavy atom. The fourth-order valence-electron chi connectivity index (χ4n) is 2.39. The molecule has 1 aliphatic rings. The first kappa shape index (κ1) is 14.0. The van der Waals surface area contributed by atoms with Crippen molar-refractivity contribution in [1.82, 2.24) is 9.97 Å². The van der Waals surface area contributed by atoms with Crippen LogP contribution in [-0.2, 0) is 4.74 Å². The summed E-state index contributed by atoms with van der Waals surface area (Å²) in [5.41, 5.74) is -0.866. The van der Waals surface area contributed by atoms with Crippen LogP contribution in [0.3, 0.4) is 0 Å². The molecule has 1 saturated heterocycles. The summed E-state index contributed by atoms with van der Waals surface area (Å²) in [5.74, 6) is 0.664. The quantitative estimate of drug-likeness (QED) is 0.853. The van der Waals surface area contributed by atoms with Crippen molar-refractivity contribution in [2.24, 2.45) is 0 Å². The van der Waals surface area contributed by atoms with Gasteiger partial charge in [0, 0.05) is 24.4 Å². The summed E-state index contributed by atoms with van der Waals surface area (Å²) in [4.78, 5) is 10.4. The maximum absolute atomic E-state index is 10.5. The van der Waals surface area contributed by atoms with Crippen LogP contribution in [0.4, 0.5) is 5.82 Å². The molecule has 20 heavy (non-hydrogen) atoms. The van der Waals surface area contributed by atoms with Gasteiger partial charge in [-0.1, -0.05) is 0 Å². The van der Waals surface area contributed by atoms with E-state index in [1.165, 1.54) is 0 Å². The van der Waals surface area contributed by atoms with E-state index in [0.29, 0.717) is 25.4 Å². The highest BCUT2D eigenvalue weighted by Gasteiger charge is 2.39. The van der Waals surface area contributed by atoms with E-state index < -0.39 is 5.60 Å². The summed E-state index contributed by atoms with van der Waals surface area (Å²) in [6.07, 6.45) is 0.429. The molecule has 5 nitrogen and oxygen atoms in total. The summed E-state index contributed by atoms with van der Waals surface area (Å²) in [6, 6.07) is 2.03. The van der Waals surface area contributed by atoms with Gasteiger partial charge < -0.3 is 15.2 Å². The molecule has 1 fully saturated rings. The Kier molecular flexibility index (Phi) is 3.58. The van der Waals surface area contributed by atoms with E-state index in [9.17, 15) is 5.11 Å². The number of aliphatic hydroxyl groups is 1. The second-order valence-electron chi connectivity index (χ2n) is 5.14. The molecular formula is C13H16ClN3O2S. The summed E-state index contributed by atoms with van der Waals surface area (Å²) in [5, 5.41) is 14.9. The van der Waals surface area contributed by atoms with Crippen molar-refractivity contribution in [3.05, 3.63) is 16.2 Å². The molecule has 0 amide bonds. The van der Waals surface area contributed by atoms with Gasteiger partial charge >= 0.3 is 0 Å². The predicted octanol–water partition coefficient (Wildman–Crippen LogP) is 2.60. The van der Waals surface area contributed by atoms with Gasteiger partial charge in [-0.2, -0.15) is 0 Å². The van der Waals surface area contributed by atoms with Crippen molar-refractivity contribution < 1.29 is 9.84 Å². The molecule has 3 heterocycles. The Hall–Kier alpha value is -0.950. The van der Waals surface area contributed by atoms with Gasteiger partial charge in [-0.15, -0.1) is 11.3 Å². The van der Waals surface area contributed by atoms with E-state index in [0.717, 1.165) is 15.1 Å². The highest BCUT2D eigenvalue weighted by molar-refractivity contribution is 7.18. The van der Waals surface area contributed by atoms with Crippen LogP contribution in [-0.4, -0.2) is 39.9 Å². The van der Waals surface area contributed by atoms with Gasteiger partial charge in [0.25, 0.3) is 0 Å². The van der Waals surface area contributed by atoms with Crippen LogP contribution in [0.2, 0.25) is 5.28 Å². The zero-order valence-corrected chi connectivity index (χ0v) is 12.9. The number of rotatable bonds is 3. The minimum absolute atomic E-state index is 0.188. The van der Waals surface area contributed by atoms with Crippen LogP contribution >= 0.6 is 22.9 Å². The Bertz CT molecular complexity index is 648. The maximum Gasteiger partial charge on any atom is 0.225 e. The molecule has 108 valence electrons. The fraction of sp³-hybridized carbons (Fsp3) is 0.538. The molecule has 0 aliphatic carbocycles. The average molecular weight is 314 g/mol. The summed E-state index contributed by atoms with van der Waals surface area (Å²) < 4.78 is 5.43. The predicted molar refractivity (Wildman–Crippen MR) is 80.6 cm³/mol. The van der Waals surface area contributed by atoms with Gasteiger partial charge in [0.2, 0.25) is 5.28 Å². The molecule has 2 N–H and O–H groups in total. The molecule has 0 saturated carbocycles. The van der Waals surface area contributed by atoms with Crippen LogP contribution in [0.25, 0.3) is 10.2 Å². The second-order valence-corrected chi connectivity index (χ2v) is 6.71. The molecule has 0 bridgehead atoms. The van der Waals surface area contributed by atoms with Gasteiger partial charge in [-0.3, -0.25) is 0 Å². The van der Waals surface area contributed by atoms with E-state index in [2.05, 4.69) is 15.3 Å². The van der Waals surface area contributed by atoms with Gasteiger partial charge in [0.05, 0.1) is 11.5 Å². The van der Waals surface area contributed by atoms with Crippen LogP contribution in [0, 0.1) is 6.92 Å². The molecule has 2 unspecified atom stereocenters. The Morgan fingerprint density at radius 1 is 1.60 bits per heavy atom. The molecule has 7 heteroatoms. The lowest BCUT2D eigenvalue weighted by atomic mass is 9.97. The van der Waals surface area contributed by atoms with Crippen molar-refractivity contribution in [3.8, 4) is 0 Å². The lowest BCUT2D eigenvalue weighted by molar-refractivity contribution is -0.0176. The summed E-state index contributed by atoms with van der Waals surface area (Å²) in [7, 11) is 0. The van der Waals surface area contributed by atoms with Crippen LogP contribution < -0.4 is 5.32 Å². The monoisotopic (exact) mass is 313 g/mol. The van der Waals surface area contributed by atoms with Crippen molar-refractivity contribution in [2.75, 3.05) is 18.5 Å². The molecule has 0 spiro atoms. The third-order valence-corrected chi connectivity index (χ3v) is 4.82. The molecule has 0 aromatic carbocycles. The average Bonchev–Trinajstić information content (AvgIpc) is 2.90. The van der Waals surface area contributed by atoms with Crippen molar-refractivity contribution >= 4 is 39.0 Å². The largest absolute Gasteiger partial charge is 0.385 e. The first-order valence-electron chi connectivity index (χ1n) is 6.49. The zero-order valence-electron chi connectivity index (χ0n) is 11.3. The van der Waals surface area contributed by atoms with Crippen molar-refractivity contribution in [2.45, 2.75) is 32.0 Å². The lowest BCUT2D eigenvalue weighted by Crippen LogP contribution is -2.43. The Morgan fingerprint density at radius 2 is 2.40 bits per heavy atom. The van der Waals surface area contributed by atoms with Gasteiger partial charge in [-0.05, 0) is 31.5 Å². The third-order valence-electron chi connectivity index (χ3n) is 3.71. The number of halogens is 1. The van der Waals surface area contributed by atoms with E-state index in [-0.39, 0.29) is 11.4 Å². The minimum atomic E-state index is -0.866. The molecule has 3 rings (SSSR count). The fourth-order valence-corrected chi connectivity index (χ4v) is 3.49. The smallest absolute Gasteiger partial charge is 0.225 e. The first-order chi connectivity index (χ1) is 9.48. The third kappa shape index (κ3) is 2.48. The number of nitrogens with one attached hydrogen (secondary N) is 1. The molecular weight excluding hydrogens is 298 g/mol. The van der Waals surface area contributed by atoms with Crippen LogP contribution in [0.1, 0.15) is 18.2 Å². The molecule has 2 aromatic heterocycles. The van der Waals surface area contributed by atoms with Crippen LogP contribution in [0.15, 0.2) is 6.07 Å². The number of anilines is 1. The van der Waals surface area contributed by atoms with E-state index in [4.69, 9.17) is 16.3 Å². The van der Waals surface area contributed by atoms with Crippen molar-refractivity contribution in [3.63, 3.8) is 0 Å². The van der Waals surface area contributed by atoms with E-state index in [1.54, 1.807) is 11.3 Å². The molecule has 2 atom stereocenters. The van der Waals surface area contributed by atoms with E-state index in [1.807, 2.05) is 19.9 Å². The Balaban J connectivity index is 1.87. The Labute approximate surface area is 126 Å². The number of ether oxygens (including phenoxy) is 1. The molecule has 2 aromatic rings. The molecule has 1 aliphatic heterocycles. The number of aryl methyl sites for hydroxylation is 1. The number of thiophene rings is 1. The number of hydrogen-bond acceptors (Lipinski definition) is 6. The standard InChI is InChI=1S/C13H16ClN3O2S/c1-7-5-9-10(16-12(14)17-11(9)20-7)15-6-13(18)3-4-19-8(13)2/h5,8,18H,3-4,6H2,1-2H3,(H,15,16,17). The van der Waals surface area contributed by atoms with Crippen molar-refractivity contribution in [1.29, 1.82) is 0 Å². The maximum atomic E-state index is 10.5. The highest BCUT2D eigenvalue weighted by Crippen LogP contribution is 2.31. The number of aromatic nitrogens is 2. The molecule has 0 radical (unpaired) electrons. The summed E-state index contributed by atoms with van der Waals surface area (Å²) >= 11 is 7.52. The normalized spacial score (nSPS) is 26.3. The summed E-state index contributed by atoms with van der Waals surface area (Å²) in [6.45, 7) is 4.86. The first-order valence-corrected chi connectivity index (χ1v) is 7.69. The van der Waals surface area contributed by atoms with E-state index >= 15 is 0 Å². The number of nitrogens with zero attached hydrogens (tertiary/aromatic N) is 2. The SMILES string of the molecule is Cc1cc2c(NCC3(O)CCOC3C)nc(Cl)nc2s1. The topological polar surface area (TPSA) is 67.3 Å². The number of hydrogen-bond donors (Lipinski definition) is 2. The lowest BCUT2D eigenvalue weighted by Gasteiger charge is -2.26. The van der Waals surface area contributed by atoms with Crippen LogP contribution in [0.5, 0.6) is 0 Å².